The summed E-state index contributed by atoms with van der Waals surface area (Å²) >= 11 is 0. The molecule has 1 unspecified atom stereocenters. The Morgan fingerprint density at radius 1 is 1.13 bits per heavy atom. The standard InChI is InChI=1S/C13H18N.HI/c1-5-14(4)11(3)10(2)12-8-6-7-9-13(12)14;/h6-9H,5H2,1-4H3;1H/q+1;/p-1. The fourth-order valence-corrected chi connectivity index (χ4v) is 2.37. The number of rotatable bonds is 1. The summed E-state index contributed by atoms with van der Waals surface area (Å²) in [6, 6.07) is 8.74. The highest BCUT2D eigenvalue weighted by Gasteiger charge is 2.36. The van der Waals surface area contributed by atoms with Crippen LogP contribution in [0.25, 0.3) is 5.57 Å². The highest BCUT2D eigenvalue weighted by molar-refractivity contribution is 5.83. The number of hydrogen-bond donors (Lipinski definition) is 0. The van der Waals surface area contributed by atoms with Crippen molar-refractivity contribution in [2.75, 3.05) is 13.6 Å². The van der Waals surface area contributed by atoms with E-state index >= 15 is 0 Å². The van der Waals surface area contributed by atoms with Crippen LogP contribution >= 0.6 is 0 Å². The Bertz CT molecular complexity index is 409. The van der Waals surface area contributed by atoms with Gasteiger partial charge in [-0.1, -0.05) is 12.1 Å². The first kappa shape index (κ1) is 12.7. The predicted octanol–water partition coefficient (Wildman–Crippen LogP) is 0.412. The minimum Gasteiger partial charge on any atom is -1.00 e. The molecule has 1 nitrogen and oxygen atoms in total. The van der Waals surface area contributed by atoms with Crippen LogP contribution in [0.3, 0.4) is 0 Å². The first-order valence-corrected chi connectivity index (χ1v) is 5.25. The first-order valence-electron chi connectivity index (χ1n) is 5.25. The van der Waals surface area contributed by atoms with Crippen LogP contribution in [0.1, 0.15) is 26.3 Å². The highest BCUT2D eigenvalue weighted by atomic mass is 127. The molecule has 82 valence electrons. The van der Waals surface area contributed by atoms with Gasteiger partial charge in [-0.05, 0) is 19.9 Å². The summed E-state index contributed by atoms with van der Waals surface area (Å²) < 4.78 is 0.974. The molecule has 1 aliphatic heterocycles. The molecular formula is C13H18IN. The van der Waals surface area contributed by atoms with Crippen LogP contribution in [-0.4, -0.2) is 13.6 Å². The van der Waals surface area contributed by atoms with Gasteiger partial charge in [0.05, 0.1) is 13.6 Å². The average Bonchev–Trinajstić information content (AvgIpc) is 2.43. The average molecular weight is 315 g/mol. The second-order valence-electron chi connectivity index (χ2n) is 4.24. The summed E-state index contributed by atoms with van der Waals surface area (Å²) in [7, 11) is 2.30. The third kappa shape index (κ3) is 1.64. The maximum absolute atomic E-state index is 2.30. The Hall–Kier alpha value is -0.350. The molecule has 0 radical (unpaired) electrons. The van der Waals surface area contributed by atoms with Gasteiger partial charge < -0.3 is 24.0 Å². The molecule has 0 amide bonds. The van der Waals surface area contributed by atoms with Crippen LogP contribution in [0, 0.1) is 0 Å². The molecule has 1 aliphatic rings. The lowest BCUT2D eigenvalue weighted by Crippen LogP contribution is -3.00. The van der Waals surface area contributed by atoms with E-state index < -0.39 is 0 Å². The quantitative estimate of drug-likeness (QED) is 0.520. The monoisotopic (exact) mass is 315 g/mol. The first-order chi connectivity index (χ1) is 6.61. The lowest BCUT2D eigenvalue weighted by atomic mass is 10.1. The summed E-state index contributed by atoms with van der Waals surface area (Å²) in [5.41, 5.74) is 5.80. The Morgan fingerprint density at radius 3 is 2.33 bits per heavy atom. The van der Waals surface area contributed by atoms with Crippen molar-refractivity contribution in [2.24, 2.45) is 0 Å². The molecule has 0 saturated heterocycles. The maximum Gasteiger partial charge on any atom is 0.145 e. The number of halogens is 1. The number of fused-ring (bicyclic) bond motifs is 1. The molecule has 0 saturated carbocycles. The summed E-state index contributed by atoms with van der Waals surface area (Å²) in [4.78, 5) is 0. The Balaban J connectivity index is 0.00000112. The van der Waals surface area contributed by atoms with E-state index in [4.69, 9.17) is 0 Å². The van der Waals surface area contributed by atoms with Gasteiger partial charge in [0.1, 0.15) is 11.4 Å². The number of hydrogen-bond acceptors (Lipinski definition) is 0. The second-order valence-corrected chi connectivity index (χ2v) is 4.24. The molecule has 0 aromatic heterocycles. The lowest BCUT2D eigenvalue weighted by molar-refractivity contribution is -0.00000302. The van der Waals surface area contributed by atoms with Crippen molar-refractivity contribution in [3.05, 3.63) is 35.5 Å². The Morgan fingerprint density at radius 2 is 1.73 bits per heavy atom. The van der Waals surface area contributed by atoms with E-state index in [1.807, 2.05) is 0 Å². The van der Waals surface area contributed by atoms with Gasteiger partial charge in [-0.3, -0.25) is 4.48 Å². The molecule has 0 N–H and O–H groups in total. The largest absolute Gasteiger partial charge is 1.00 e. The van der Waals surface area contributed by atoms with Gasteiger partial charge >= 0.3 is 0 Å². The van der Waals surface area contributed by atoms with Crippen molar-refractivity contribution in [3.8, 4) is 0 Å². The molecule has 0 spiro atoms. The SMILES string of the molecule is CC[N+]1(C)C(C)=C(C)c2ccccc21.[I-]. The maximum atomic E-state index is 2.30. The number of benzene rings is 1. The molecular weight excluding hydrogens is 297 g/mol. The minimum atomic E-state index is 0. The van der Waals surface area contributed by atoms with Gasteiger partial charge in [0.15, 0.2) is 0 Å². The molecule has 0 fully saturated rings. The zero-order valence-electron chi connectivity index (χ0n) is 9.84. The molecule has 2 heteroatoms. The van der Waals surface area contributed by atoms with Crippen molar-refractivity contribution in [1.82, 2.24) is 4.48 Å². The van der Waals surface area contributed by atoms with E-state index in [9.17, 15) is 0 Å². The van der Waals surface area contributed by atoms with Crippen LogP contribution in [0.5, 0.6) is 0 Å². The van der Waals surface area contributed by atoms with Crippen LogP contribution < -0.4 is 28.5 Å². The van der Waals surface area contributed by atoms with Crippen molar-refractivity contribution in [3.63, 3.8) is 0 Å². The lowest BCUT2D eigenvalue weighted by Gasteiger charge is -2.29. The normalized spacial score (nSPS) is 23.7. The smallest absolute Gasteiger partial charge is 0.145 e. The van der Waals surface area contributed by atoms with Crippen LogP contribution in [0.2, 0.25) is 0 Å². The van der Waals surface area contributed by atoms with Gasteiger partial charge in [-0.25, -0.2) is 0 Å². The third-order valence-electron chi connectivity index (χ3n) is 3.76. The summed E-state index contributed by atoms with van der Waals surface area (Å²) in [5.74, 6) is 0. The fourth-order valence-electron chi connectivity index (χ4n) is 2.37. The molecule has 2 rings (SSSR count). The van der Waals surface area contributed by atoms with E-state index in [0.717, 1.165) is 11.0 Å². The zero-order valence-corrected chi connectivity index (χ0v) is 12.0. The van der Waals surface area contributed by atoms with E-state index in [1.54, 1.807) is 0 Å². The molecule has 15 heavy (non-hydrogen) atoms. The Kier molecular flexibility index (Phi) is 3.61. The van der Waals surface area contributed by atoms with Crippen molar-refractivity contribution < 1.29 is 24.0 Å². The fraction of sp³-hybridized carbons (Fsp3) is 0.385. The number of para-hydroxylation sites is 1. The molecule has 1 heterocycles. The molecule has 1 aromatic carbocycles. The van der Waals surface area contributed by atoms with Gasteiger partial charge in [0.2, 0.25) is 0 Å². The predicted molar refractivity (Wildman–Crippen MR) is 63.0 cm³/mol. The van der Waals surface area contributed by atoms with Crippen molar-refractivity contribution in [1.29, 1.82) is 0 Å². The zero-order chi connectivity index (χ0) is 10.3. The number of quaternary nitrogens is 1. The van der Waals surface area contributed by atoms with Crippen molar-refractivity contribution >= 4 is 11.3 Å². The van der Waals surface area contributed by atoms with E-state index in [2.05, 4.69) is 52.1 Å². The van der Waals surface area contributed by atoms with Gasteiger partial charge in [0.25, 0.3) is 0 Å². The summed E-state index contributed by atoms with van der Waals surface area (Å²) in [6.45, 7) is 7.85. The van der Waals surface area contributed by atoms with E-state index in [1.165, 1.54) is 22.5 Å². The van der Waals surface area contributed by atoms with Gasteiger partial charge in [-0.15, -0.1) is 0 Å². The topological polar surface area (TPSA) is 0 Å². The summed E-state index contributed by atoms with van der Waals surface area (Å²) in [6.07, 6.45) is 0. The van der Waals surface area contributed by atoms with Gasteiger partial charge in [0, 0.05) is 24.1 Å². The molecule has 1 aromatic rings. The van der Waals surface area contributed by atoms with Gasteiger partial charge in [-0.2, -0.15) is 0 Å². The minimum absolute atomic E-state index is 0. The molecule has 0 aliphatic carbocycles. The van der Waals surface area contributed by atoms with Crippen LogP contribution in [-0.2, 0) is 0 Å². The van der Waals surface area contributed by atoms with Crippen molar-refractivity contribution in [2.45, 2.75) is 20.8 Å². The number of allylic oxidation sites excluding steroid dienone is 2. The third-order valence-corrected chi connectivity index (χ3v) is 3.76. The number of nitrogens with zero attached hydrogens (tertiary/aromatic N) is 1. The molecule has 0 bridgehead atoms. The van der Waals surface area contributed by atoms with Crippen LogP contribution in [0.4, 0.5) is 5.69 Å². The summed E-state index contributed by atoms with van der Waals surface area (Å²) in [5, 5.41) is 0. The highest BCUT2D eigenvalue weighted by Crippen LogP contribution is 2.43. The van der Waals surface area contributed by atoms with E-state index in [-0.39, 0.29) is 24.0 Å². The Labute approximate surface area is 109 Å². The van der Waals surface area contributed by atoms with E-state index in [0.29, 0.717) is 0 Å². The molecule has 1 atom stereocenters. The van der Waals surface area contributed by atoms with Crippen LogP contribution in [0.15, 0.2) is 30.0 Å². The second kappa shape index (κ2) is 4.26.